The molecule has 4 rings (SSSR count). The first-order valence-corrected chi connectivity index (χ1v) is 10.4. The molecule has 0 saturated carbocycles. The summed E-state index contributed by atoms with van der Waals surface area (Å²) < 4.78 is 54.3. The van der Waals surface area contributed by atoms with Crippen LogP contribution in [0.3, 0.4) is 0 Å². The number of hydrogen-bond donors (Lipinski definition) is 0. The van der Waals surface area contributed by atoms with Crippen LogP contribution < -0.4 is 0 Å². The topological polar surface area (TPSA) is 30.7 Å². The van der Waals surface area contributed by atoms with Crippen molar-refractivity contribution in [3.63, 3.8) is 0 Å². The van der Waals surface area contributed by atoms with Crippen molar-refractivity contribution < 1.29 is 17.6 Å². The summed E-state index contributed by atoms with van der Waals surface area (Å²) in [7, 11) is 0. The van der Waals surface area contributed by atoms with Crippen LogP contribution in [0.5, 0.6) is 0 Å². The lowest BCUT2D eigenvalue weighted by Gasteiger charge is -2.12. The molecular weight excluding hydrogens is 426 g/mol. The summed E-state index contributed by atoms with van der Waals surface area (Å²) in [5, 5.41) is 9.08. The van der Waals surface area contributed by atoms with E-state index in [1.54, 1.807) is 18.2 Å². The maximum atomic E-state index is 13.4. The van der Waals surface area contributed by atoms with E-state index in [-0.39, 0.29) is 11.6 Å². The smallest absolute Gasteiger partial charge is 0.270 e. The first kappa shape index (κ1) is 21.1. The predicted molar refractivity (Wildman–Crippen MR) is 112 cm³/mol. The van der Waals surface area contributed by atoms with E-state index in [9.17, 15) is 17.6 Å². The largest absolute Gasteiger partial charge is 0.416 e. The summed E-state index contributed by atoms with van der Waals surface area (Å²) in [6.07, 6.45) is -4.39. The highest BCUT2D eigenvalue weighted by Gasteiger charge is 2.30. The normalized spacial score (nSPS) is 11.6. The number of thioether (sulfide) groups is 1. The number of benzene rings is 3. The van der Waals surface area contributed by atoms with Gasteiger partial charge in [0.05, 0.1) is 5.56 Å². The van der Waals surface area contributed by atoms with Gasteiger partial charge in [-0.15, -0.1) is 10.2 Å². The highest BCUT2D eigenvalue weighted by atomic mass is 32.2. The molecular formula is C23H17F4N3S. The molecule has 0 fully saturated rings. The second-order valence-electron chi connectivity index (χ2n) is 6.97. The molecule has 1 heterocycles. The molecule has 8 heteroatoms. The van der Waals surface area contributed by atoms with E-state index >= 15 is 0 Å². The summed E-state index contributed by atoms with van der Waals surface area (Å²) in [5.41, 5.74) is 2.38. The minimum atomic E-state index is -4.39. The number of rotatable bonds is 5. The maximum absolute atomic E-state index is 13.4. The molecule has 3 nitrogen and oxygen atoms in total. The second-order valence-corrected chi connectivity index (χ2v) is 7.92. The third kappa shape index (κ3) is 4.80. The van der Waals surface area contributed by atoms with E-state index in [0.29, 0.717) is 22.1 Å². The number of nitrogens with zero attached hydrogens (tertiary/aromatic N) is 3. The number of aromatic nitrogens is 3. The molecule has 0 aliphatic heterocycles. The molecule has 3 aromatic carbocycles. The van der Waals surface area contributed by atoms with Crippen LogP contribution in [0.25, 0.3) is 17.1 Å². The van der Waals surface area contributed by atoms with Gasteiger partial charge in [0, 0.05) is 17.0 Å². The molecule has 0 aliphatic rings. The van der Waals surface area contributed by atoms with Crippen LogP contribution in [0.4, 0.5) is 17.6 Å². The fourth-order valence-corrected chi connectivity index (χ4v) is 4.03. The van der Waals surface area contributed by atoms with Crippen LogP contribution in [-0.4, -0.2) is 14.8 Å². The van der Waals surface area contributed by atoms with E-state index in [4.69, 9.17) is 0 Å². The standard InChI is InChI=1S/C23H17F4N3S/c1-15-4-2-7-20(12-15)30-21(17-8-10-19(24)11-9-17)28-29-22(30)31-14-16-5-3-6-18(13-16)23(25,26)27/h2-13H,14H2,1H3. The SMILES string of the molecule is Cc1cccc(-n2c(SCc3cccc(C(F)(F)F)c3)nnc2-c2ccc(F)cc2)c1. The second kappa shape index (κ2) is 8.55. The van der Waals surface area contributed by atoms with Crippen LogP contribution >= 0.6 is 11.8 Å². The highest BCUT2D eigenvalue weighted by molar-refractivity contribution is 7.98. The van der Waals surface area contributed by atoms with Gasteiger partial charge in [0.25, 0.3) is 0 Å². The summed E-state index contributed by atoms with van der Waals surface area (Å²) >= 11 is 1.29. The van der Waals surface area contributed by atoms with Crippen LogP contribution in [0.1, 0.15) is 16.7 Å². The summed E-state index contributed by atoms with van der Waals surface area (Å²) in [5.74, 6) is 0.457. The minimum absolute atomic E-state index is 0.289. The van der Waals surface area contributed by atoms with Crippen molar-refractivity contribution in [2.24, 2.45) is 0 Å². The number of aryl methyl sites for hydroxylation is 1. The molecule has 158 valence electrons. The molecule has 0 atom stereocenters. The molecule has 0 saturated heterocycles. The maximum Gasteiger partial charge on any atom is 0.416 e. The van der Waals surface area contributed by atoms with Gasteiger partial charge in [0.15, 0.2) is 11.0 Å². The first-order chi connectivity index (χ1) is 14.8. The number of hydrogen-bond acceptors (Lipinski definition) is 3. The van der Waals surface area contributed by atoms with Gasteiger partial charge in [0.2, 0.25) is 0 Å². The minimum Gasteiger partial charge on any atom is -0.270 e. The van der Waals surface area contributed by atoms with E-state index in [1.807, 2.05) is 35.8 Å². The quantitative estimate of drug-likeness (QED) is 0.254. The van der Waals surface area contributed by atoms with Gasteiger partial charge < -0.3 is 0 Å². The number of alkyl halides is 3. The summed E-state index contributed by atoms with van der Waals surface area (Å²) in [4.78, 5) is 0. The molecule has 0 amide bonds. The van der Waals surface area contributed by atoms with Crippen molar-refractivity contribution in [2.45, 2.75) is 24.0 Å². The average molecular weight is 443 g/mol. The van der Waals surface area contributed by atoms with Gasteiger partial charge >= 0.3 is 6.18 Å². The Morgan fingerprint density at radius 3 is 2.35 bits per heavy atom. The van der Waals surface area contributed by atoms with Gasteiger partial charge in [0.1, 0.15) is 5.82 Å². The van der Waals surface area contributed by atoms with Crippen molar-refractivity contribution in [1.29, 1.82) is 0 Å². The predicted octanol–water partition coefficient (Wildman–Crippen LogP) is 6.69. The zero-order chi connectivity index (χ0) is 22.0. The first-order valence-electron chi connectivity index (χ1n) is 9.38. The summed E-state index contributed by atoms with van der Waals surface area (Å²) in [6.45, 7) is 1.96. The lowest BCUT2D eigenvalue weighted by molar-refractivity contribution is -0.137. The van der Waals surface area contributed by atoms with Crippen LogP contribution in [0.2, 0.25) is 0 Å². The fraction of sp³-hybridized carbons (Fsp3) is 0.130. The molecule has 1 aromatic heterocycles. The van der Waals surface area contributed by atoms with E-state index in [1.165, 1.54) is 30.0 Å². The van der Waals surface area contributed by atoms with Crippen molar-refractivity contribution in [3.05, 3.63) is 95.3 Å². The third-order valence-electron chi connectivity index (χ3n) is 4.62. The molecule has 4 aromatic rings. The van der Waals surface area contributed by atoms with Gasteiger partial charge in [-0.1, -0.05) is 42.1 Å². The monoisotopic (exact) mass is 443 g/mol. The van der Waals surface area contributed by atoms with Crippen LogP contribution in [-0.2, 0) is 11.9 Å². The zero-order valence-electron chi connectivity index (χ0n) is 16.4. The Morgan fingerprint density at radius 2 is 1.65 bits per heavy atom. The molecule has 0 aliphatic carbocycles. The Hall–Kier alpha value is -3.13. The third-order valence-corrected chi connectivity index (χ3v) is 5.62. The van der Waals surface area contributed by atoms with Gasteiger partial charge in [-0.3, -0.25) is 4.57 Å². The molecule has 0 N–H and O–H groups in total. The number of halogens is 4. The Morgan fingerprint density at radius 1 is 0.903 bits per heavy atom. The Balaban J connectivity index is 1.70. The van der Waals surface area contributed by atoms with Crippen molar-refractivity contribution in [2.75, 3.05) is 0 Å². The lowest BCUT2D eigenvalue weighted by Crippen LogP contribution is -2.05. The zero-order valence-corrected chi connectivity index (χ0v) is 17.2. The van der Waals surface area contributed by atoms with Crippen molar-refractivity contribution in [1.82, 2.24) is 14.8 Å². The Kier molecular flexibility index (Phi) is 5.82. The van der Waals surface area contributed by atoms with Gasteiger partial charge in [-0.2, -0.15) is 13.2 Å². The van der Waals surface area contributed by atoms with Crippen molar-refractivity contribution in [3.8, 4) is 17.1 Å². The molecule has 31 heavy (non-hydrogen) atoms. The Labute approximate surface area is 180 Å². The van der Waals surface area contributed by atoms with E-state index in [2.05, 4.69) is 10.2 Å². The van der Waals surface area contributed by atoms with Crippen molar-refractivity contribution >= 4 is 11.8 Å². The van der Waals surface area contributed by atoms with Gasteiger partial charge in [-0.05, 0) is 60.5 Å². The van der Waals surface area contributed by atoms with E-state index in [0.717, 1.165) is 23.4 Å². The Bertz CT molecular complexity index is 1200. The molecule has 0 unspecified atom stereocenters. The summed E-state index contributed by atoms with van der Waals surface area (Å²) in [6, 6.07) is 18.9. The average Bonchev–Trinajstić information content (AvgIpc) is 3.16. The van der Waals surface area contributed by atoms with E-state index < -0.39 is 11.7 Å². The molecule has 0 radical (unpaired) electrons. The van der Waals surface area contributed by atoms with Crippen LogP contribution in [0, 0.1) is 12.7 Å². The fourth-order valence-electron chi connectivity index (χ4n) is 3.13. The highest BCUT2D eigenvalue weighted by Crippen LogP contribution is 2.33. The lowest BCUT2D eigenvalue weighted by atomic mass is 10.1. The van der Waals surface area contributed by atoms with Gasteiger partial charge in [-0.25, -0.2) is 4.39 Å². The van der Waals surface area contributed by atoms with Crippen LogP contribution in [0.15, 0.2) is 78.0 Å². The molecule has 0 spiro atoms. The molecule has 0 bridgehead atoms.